The summed E-state index contributed by atoms with van der Waals surface area (Å²) in [6, 6.07) is 6.58. The van der Waals surface area contributed by atoms with Crippen molar-refractivity contribution in [2.75, 3.05) is 32.5 Å². The largest absolute Gasteiger partial charge is 0.384 e. The van der Waals surface area contributed by atoms with Crippen LogP contribution in [0.1, 0.15) is 24.0 Å². The first-order valence-corrected chi connectivity index (χ1v) is 7.46. The number of likely N-dealkylation sites (N-methyl/N-ethyl adjacent to an activating group) is 1. The van der Waals surface area contributed by atoms with Crippen molar-refractivity contribution >= 4 is 11.6 Å². The van der Waals surface area contributed by atoms with Crippen LogP contribution in [0.5, 0.6) is 0 Å². The van der Waals surface area contributed by atoms with Crippen molar-refractivity contribution < 1.29 is 4.79 Å². The molecule has 1 aromatic rings. The molecule has 1 fully saturated rings. The molecule has 1 atom stereocenters. The highest BCUT2D eigenvalue weighted by Gasteiger charge is 2.32. The standard InChI is InChI=1S/C16H23N3O/c1-18(2)16(20)14-7-4-10-19(14)11-13-6-3-5-12-8-9-17-15(12)13/h3,5-6,14,17H,4,7-11H2,1-2H3. The molecule has 0 radical (unpaired) electrons. The van der Waals surface area contributed by atoms with Gasteiger partial charge in [-0.3, -0.25) is 9.69 Å². The van der Waals surface area contributed by atoms with Crippen molar-refractivity contribution in [3.8, 4) is 0 Å². The Morgan fingerprint density at radius 2 is 2.30 bits per heavy atom. The normalized spacial score (nSPS) is 21.6. The van der Waals surface area contributed by atoms with Crippen LogP contribution in [0, 0.1) is 0 Å². The van der Waals surface area contributed by atoms with Gasteiger partial charge in [-0.25, -0.2) is 0 Å². The van der Waals surface area contributed by atoms with Crippen molar-refractivity contribution in [1.29, 1.82) is 0 Å². The summed E-state index contributed by atoms with van der Waals surface area (Å²) in [4.78, 5) is 16.3. The third kappa shape index (κ3) is 2.40. The second kappa shape index (κ2) is 5.44. The van der Waals surface area contributed by atoms with Gasteiger partial charge in [-0.2, -0.15) is 0 Å². The van der Waals surface area contributed by atoms with Gasteiger partial charge in [-0.05, 0) is 36.9 Å². The molecule has 1 amide bonds. The van der Waals surface area contributed by atoms with E-state index >= 15 is 0 Å². The molecular weight excluding hydrogens is 250 g/mol. The average Bonchev–Trinajstić information content (AvgIpc) is 3.06. The second-order valence-electron chi connectivity index (χ2n) is 5.99. The fourth-order valence-corrected chi connectivity index (χ4v) is 3.35. The molecule has 1 unspecified atom stereocenters. The summed E-state index contributed by atoms with van der Waals surface area (Å²) < 4.78 is 0. The number of fused-ring (bicyclic) bond motifs is 1. The number of nitrogens with one attached hydrogen (secondary N) is 1. The zero-order chi connectivity index (χ0) is 14.1. The first kappa shape index (κ1) is 13.4. The van der Waals surface area contributed by atoms with Crippen LogP contribution in [0.4, 0.5) is 5.69 Å². The molecule has 0 saturated carbocycles. The number of anilines is 1. The highest BCUT2D eigenvalue weighted by molar-refractivity contribution is 5.81. The SMILES string of the molecule is CN(C)C(=O)C1CCCN1Cc1cccc2c1NCC2. The Labute approximate surface area is 120 Å². The molecule has 2 heterocycles. The maximum atomic E-state index is 12.2. The van der Waals surface area contributed by atoms with Crippen LogP contribution in [0.15, 0.2) is 18.2 Å². The minimum Gasteiger partial charge on any atom is -0.384 e. The van der Waals surface area contributed by atoms with Gasteiger partial charge in [-0.15, -0.1) is 0 Å². The lowest BCUT2D eigenvalue weighted by Crippen LogP contribution is -2.42. The summed E-state index contributed by atoms with van der Waals surface area (Å²) in [6.07, 6.45) is 3.22. The van der Waals surface area contributed by atoms with Gasteiger partial charge in [0.15, 0.2) is 0 Å². The number of benzene rings is 1. The number of rotatable bonds is 3. The van der Waals surface area contributed by atoms with Gasteiger partial charge in [0, 0.05) is 32.9 Å². The van der Waals surface area contributed by atoms with Crippen LogP contribution in [0.25, 0.3) is 0 Å². The minimum absolute atomic E-state index is 0.0576. The lowest BCUT2D eigenvalue weighted by atomic mass is 10.1. The van der Waals surface area contributed by atoms with Crippen molar-refractivity contribution in [2.45, 2.75) is 31.8 Å². The predicted molar refractivity (Wildman–Crippen MR) is 80.8 cm³/mol. The molecule has 2 aliphatic heterocycles. The van der Waals surface area contributed by atoms with E-state index in [4.69, 9.17) is 0 Å². The van der Waals surface area contributed by atoms with E-state index in [1.165, 1.54) is 16.8 Å². The van der Waals surface area contributed by atoms with Gasteiger partial charge in [0.1, 0.15) is 0 Å². The monoisotopic (exact) mass is 273 g/mol. The van der Waals surface area contributed by atoms with E-state index in [0.717, 1.165) is 38.9 Å². The first-order chi connectivity index (χ1) is 9.66. The van der Waals surface area contributed by atoms with Crippen LogP contribution >= 0.6 is 0 Å². The van der Waals surface area contributed by atoms with Gasteiger partial charge < -0.3 is 10.2 Å². The quantitative estimate of drug-likeness (QED) is 0.910. The van der Waals surface area contributed by atoms with Gasteiger partial charge >= 0.3 is 0 Å². The minimum atomic E-state index is 0.0576. The van der Waals surface area contributed by atoms with E-state index in [0.29, 0.717) is 0 Å². The van der Waals surface area contributed by atoms with Gasteiger partial charge in [0.25, 0.3) is 0 Å². The summed E-state index contributed by atoms with van der Waals surface area (Å²) in [5, 5.41) is 3.49. The Morgan fingerprint density at radius 1 is 1.45 bits per heavy atom. The van der Waals surface area contributed by atoms with Gasteiger partial charge in [-0.1, -0.05) is 18.2 Å². The molecule has 2 aliphatic rings. The van der Waals surface area contributed by atoms with Crippen LogP contribution in [-0.2, 0) is 17.8 Å². The number of hydrogen-bond acceptors (Lipinski definition) is 3. The highest BCUT2D eigenvalue weighted by atomic mass is 16.2. The molecule has 0 spiro atoms. The maximum absolute atomic E-state index is 12.2. The number of likely N-dealkylation sites (tertiary alicyclic amines) is 1. The highest BCUT2D eigenvalue weighted by Crippen LogP contribution is 2.29. The average molecular weight is 273 g/mol. The Balaban J connectivity index is 1.77. The van der Waals surface area contributed by atoms with E-state index < -0.39 is 0 Å². The predicted octanol–water partition coefficient (Wildman–Crippen LogP) is 1.71. The van der Waals surface area contributed by atoms with E-state index in [-0.39, 0.29) is 11.9 Å². The summed E-state index contributed by atoms with van der Waals surface area (Å²) in [5.41, 5.74) is 4.05. The smallest absolute Gasteiger partial charge is 0.239 e. The number of carbonyl (C=O) groups is 1. The van der Waals surface area contributed by atoms with Crippen LogP contribution in [-0.4, -0.2) is 48.9 Å². The number of hydrogen-bond donors (Lipinski definition) is 1. The molecule has 1 N–H and O–H groups in total. The fraction of sp³-hybridized carbons (Fsp3) is 0.562. The first-order valence-electron chi connectivity index (χ1n) is 7.46. The number of nitrogens with zero attached hydrogens (tertiary/aromatic N) is 2. The van der Waals surface area contributed by atoms with Gasteiger partial charge in [0.05, 0.1) is 6.04 Å². The Hall–Kier alpha value is -1.55. The third-order valence-electron chi connectivity index (χ3n) is 4.40. The van der Waals surface area contributed by atoms with Crippen LogP contribution in [0.3, 0.4) is 0 Å². The van der Waals surface area contributed by atoms with E-state index in [1.807, 2.05) is 14.1 Å². The molecule has 0 aromatic heterocycles. The zero-order valence-electron chi connectivity index (χ0n) is 12.4. The molecule has 3 rings (SSSR count). The molecule has 108 valence electrons. The van der Waals surface area contributed by atoms with E-state index in [1.54, 1.807) is 4.90 Å². The molecule has 0 bridgehead atoms. The van der Waals surface area contributed by atoms with E-state index in [9.17, 15) is 4.79 Å². The molecular formula is C16H23N3O. The van der Waals surface area contributed by atoms with Crippen molar-refractivity contribution in [3.05, 3.63) is 29.3 Å². The lowest BCUT2D eigenvalue weighted by molar-refractivity contribution is -0.133. The summed E-state index contributed by atoms with van der Waals surface area (Å²) >= 11 is 0. The molecule has 1 saturated heterocycles. The van der Waals surface area contributed by atoms with Crippen molar-refractivity contribution in [2.24, 2.45) is 0 Å². The van der Waals surface area contributed by atoms with Crippen molar-refractivity contribution in [1.82, 2.24) is 9.80 Å². The number of amides is 1. The summed E-state index contributed by atoms with van der Waals surface area (Å²) in [6.45, 7) is 2.93. The van der Waals surface area contributed by atoms with Crippen LogP contribution in [0.2, 0.25) is 0 Å². The summed E-state index contributed by atoms with van der Waals surface area (Å²) in [5.74, 6) is 0.239. The molecule has 1 aromatic carbocycles. The Morgan fingerprint density at radius 3 is 3.10 bits per heavy atom. The number of carbonyl (C=O) groups excluding carboxylic acids is 1. The summed E-state index contributed by atoms with van der Waals surface area (Å²) in [7, 11) is 3.70. The zero-order valence-corrected chi connectivity index (χ0v) is 12.4. The van der Waals surface area contributed by atoms with Crippen LogP contribution < -0.4 is 5.32 Å². The van der Waals surface area contributed by atoms with E-state index in [2.05, 4.69) is 28.4 Å². The fourth-order valence-electron chi connectivity index (χ4n) is 3.35. The molecule has 0 aliphatic carbocycles. The molecule has 20 heavy (non-hydrogen) atoms. The topological polar surface area (TPSA) is 35.6 Å². The number of para-hydroxylation sites is 1. The molecule has 4 nitrogen and oxygen atoms in total. The lowest BCUT2D eigenvalue weighted by Gasteiger charge is -2.26. The molecule has 4 heteroatoms. The second-order valence-corrected chi connectivity index (χ2v) is 5.99. The van der Waals surface area contributed by atoms with Gasteiger partial charge in [0.2, 0.25) is 5.91 Å². The Bertz CT molecular complexity index is 512. The third-order valence-corrected chi connectivity index (χ3v) is 4.40. The Kier molecular flexibility index (Phi) is 3.66. The maximum Gasteiger partial charge on any atom is 0.239 e. The van der Waals surface area contributed by atoms with Crippen molar-refractivity contribution in [3.63, 3.8) is 0 Å².